The molecule has 1 rings (SSSR count). The molecule has 0 N–H and O–H groups in total. The van der Waals surface area contributed by atoms with Gasteiger partial charge >= 0.3 is 0 Å². The minimum Gasteiger partial charge on any atom is -0.475 e. The van der Waals surface area contributed by atoms with Crippen molar-refractivity contribution in [2.45, 2.75) is 13.8 Å². The fourth-order valence-corrected chi connectivity index (χ4v) is 1.40. The molecule has 15 heavy (non-hydrogen) atoms. The zero-order valence-electron chi connectivity index (χ0n) is 9.11. The Morgan fingerprint density at radius 1 is 1.27 bits per heavy atom. The largest absolute Gasteiger partial charge is 0.475 e. The molecule has 0 radical (unpaired) electrons. The molecule has 0 aromatic carbocycles. The molecule has 0 aliphatic rings. The Labute approximate surface area is 98.8 Å². The van der Waals surface area contributed by atoms with Crippen molar-refractivity contribution in [3.05, 3.63) is 17.0 Å². The summed E-state index contributed by atoms with van der Waals surface area (Å²) in [6.07, 6.45) is 3.25. The van der Waals surface area contributed by atoms with E-state index in [2.05, 4.69) is 44.6 Å². The molecule has 0 bridgehead atoms. The van der Waals surface area contributed by atoms with Crippen LogP contribution in [0.2, 0.25) is 0 Å². The predicted molar refractivity (Wildman–Crippen MR) is 63.0 cm³/mol. The Hall–Kier alpha value is -0.680. The highest BCUT2D eigenvalue weighted by Gasteiger charge is 2.00. The number of aromatic nitrogens is 2. The summed E-state index contributed by atoms with van der Waals surface area (Å²) in [6, 6.07) is 0. The van der Waals surface area contributed by atoms with E-state index in [4.69, 9.17) is 4.74 Å². The smallest absolute Gasteiger partial charge is 0.232 e. The molecule has 0 spiro atoms. The summed E-state index contributed by atoms with van der Waals surface area (Å²) in [5, 5.41) is 0. The highest BCUT2D eigenvalue weighted by atomic mass is 79.9. The summed E-state index contributed by atoms with van der Waals surface area (Å²) in [5.41, 5.74) is 0. The van der Waals surface area contributed by atoms with Gasteiger partial charge in [0, 0.05) is 6.54 Å². The van der Waals surface area contributed by atoms with Gasteiger partial charge in [0.1, 0.15) is 11.2 Å². The summed E-state index contributed by atoms with van der Waals surface area (Å²) in [4.78, 5) is 10.4. The second-order valence-electron chi connectivity index (χ2n) is 3.05. The van der Waals surface area contributed by atoms with Crippen molar-refractivity contribution in [3.8, 4) is 5.88 Å². The van der Waals surface area contributed by atoms with E-state index in [-0.39, 0.29) is 0 Å². The number of nitrogens with zero attached hydrogens (tertiary/aromatic N) is 3. The van der Waals surface area contributed by atoms with Gasteiger partial charge in [-0.2, -0.15) is 0 Å². The number of hydrogen-bond donors (Lipinski definition) is 0. The van der Waals surface area contributed by atoms with E-state index in [0.29, 0.717) is 12.5 Å². The van der Waals surface area contributed by atoms with Crippen LogP contribution in [0, 0.1) is 0 Å². The summed E-state index contributed by atoms with van der Waals surface area (Å²) < 4.78 is 6.18. The molecule has 1 aromatic heterocycles. The molecule has 0 unspecified atom stereocenters. The third-order valence-corrected chi connectivity index (χ3v) is 2.56. The van der Waals surface area contributed by atoms with Gasteiger partial charge in [-0.15, -0.1) is 0 Å². The first-order valence-corrected chi connectivity index (χ1v) is 5.88. The molecule has 5 heteroatoms. The van der Waals surface area contributed by atoms with E-state index in [1.54, 1.807) is 12.4 Å². The normalized spacial score (nSPS) is 10.7. The van der Waals surface area contributed by atoms with E-state index >= 15 is 0 Å². The van der Waals surface area contributed by atoms with Crippen LogP contribution in [0.3, 0.4) is 0 Å². The van der Waals surface area contributed by atoms with Crippen LogP contribution < -0.4 is 4.74 Å². The van der Waals surface area contributed by atoms with Crippen molar-refractivity contribution in [1.29, 1.82) is 0 Å². The van der Waals surface area contributed by atoms with Crippen LogP contribution in [0.15, 0.2) is 17.0 Å². The molecule has 84 valence electrons. The van der Waals surface area contributed by atoms with Gasteiger partial charge in [-0.1, -0.05) is 13.8 Å². The van der Waals surface area contributed by atoms with Gasteiger partial charge in [0.05, 0.1) is 12.4 Å². The fourth-order valence-electron chi connectivity index (χ4n) is 1.19. The number of halogens is 1. The second kappa shape index (κ2) is 6.74. The molecule has 0 fully saturated rings. The van der Waals surface area contributed by atoms with Crippen molar-refractivity contribution in [3.63, 3.8) is 0 Å². The van der Waals surface area contributed by atoms with E-state index in [9.17, 15) is 0 Å². The Morgan fingerprint density at radius 3 is 2.53 bits per heavy atom. The highest BCUT2D eigenvalue weighted by Crippen LogP contribution is 2.07. The maximum atomic E-state index is 5.46. The highest BCUT2D eigenvalue weighted by molar-refractivity contribution is 9.10. The van der Waals surface area contributed by atoms with Crippen molar-refractivity contribution in [2.24, 2.45) is 0 Å². The lowest BCUT2D eigenvalue weighted by Crippen LogP contribution is -2.28. The molecule has 0 saturated carbocycles. The minimum absolute atomic E-state index is 0.574. The van der Waals surface area contributed by atoms with Gasteiger partial charge in [0.25, 0.3) is 0 Å². The molecule has 1 heterocycles. The van der Waals surface area contributed by atoms with E-state index < -0.39 is 0 Å². The zero-order chi connectivity index (χ0) is 11.1. The van der Waals surface area contributed by atoms with E-state index in [0.717, 1.165) is 24.2 Å². The van der Waals surface area contributed by atoms with Gasteiger partial charge in [-0.05, 0) is 29.0 Å². The van der Waals surface area contributed by atoms with Crippen LogP contribution in [-0.4, -0.2) is 41.1 Å². The predicted octanol–water partition coefficient (Wildman–Crippen LogP) is 1.96. The molecular formula is C10H16BrN3O. The average molecular weight is 274 g/mol. The van der Waals surface area contributed by atoms with Crippen molar-refractivity contribution < 1.29 is 4.74 Å². The monoisotopic (exact) mass is 273 g/mol. The van der Waals surface area contributed by atoms with Crippen molar-refractivity contribution in [1.82, 2.24) is 14.9 Å². The fraction of sp³-hybridized carbons (Fsp3) is 0.600. The average Bonchev–Trinajstić information content (AvgIpc) is 2.27. The Bertz CT molecular complexity index is 275. The summed E-state index contributed by atoms with van der Waals surface area (Å²) >= 11 is 3.22. The number of hydrogen-bond acceptors (Lipinski definition) is 4. The zero-order valence-corrected chi connectivity index (χ0v) is 10.7. The first-order chi connectivity index (χ1) is 7.26. The van der Waals surface area contributed by atoms with Gasteiger partial charge < -0.3 is 9.64 Å². The van der Waals surface area contributed by atoms with Gasteiger partial charge in [0.2, 0.25) is 5.88 Å². The second-order valence-corrected chi connectivity index (χ2v) is 3.87. The summed E-state index contributed by atoms with van der Waals surface area (Å²) in [5.74, 6) is 0.574. The van der Waals surface area contributed by atoms with E-state index in [1.165, 1.54) is 0 Å². The Kier molecular flexibility index (Phi) is 5.57. The molecule has 1 aromatic rings. The molecule has 4 nitrogen and oxygen atoms in total. The standard InChI is InChI=1S/C10H16BrN3O/c1-3-14(4-2)5-6-15-10-8-12-9(11)7-13-10/h7-8H,3-6H2,1-2H3. The molecule has 0 aliphatic heterocycles. The lowest BCUT2D eigenvalue weighted by atomic mass is 10.5. The maximum absolute atomic E-state index is 5.46. The summed E-state index contributed by atoms with van der Waals surface area (Å²) in [6.45, 7) is 7.95. The quantitative estimate of drug-likeness (QED) is 0.794. The first-order valence-electron chi connectivity index (χ1n) is 5.09. The number of ether oxygens (including phenoxy) is 1. The van der Waals surface area contributed by atoms with Gasteiger partial charge in [0.15, 0.2) is 0 Å². The Morgan fingerprint density at radius 2 is 2.00 bits per heavy atom. The Balaban J connectivity index is 2.28. The number of rotatable bonds is 6. The number of likely N-dealkylation sites (N-methyl/N-ethyl adjacent to an activating group) is 1. The van der Waals surface area contributed by atoms with Gasteiger partial charge in [-0.25, -0.2) is 9.97 Å². The molecule has 0 amide bonds. The topological polar surface area (TPSA) is 38.2 Å². The van der Waals surface area contributed by atoms with Crippen LogP contribution in [-0.2, 0) is 0 Å². The van der Waals surface area contributed by atoms with Crippen LogP contribution in [0.25, 0.3) is 0 Å². The maximum Gasteiger partial charge on any atom is 0.232 e. The lowest BCUT2D eigenvalue weighted by molar-refractivity contribution is 0.217. The molecular weight excluding hydrogens is 258 g/mol. The first kappa shape index (κ1) is 12.4. The van der Waals surface area contributed by atoms with Crippen LogP contribution in [0.4, 0.5) is 0 Å². The SMILES string of the molecule is CCN(CC)CCOc1cnc(Br)cn1. The molecule has 0 aliphatic carbocycles. The molecule has 0 saturated heterocycles. The minimum atomic E-state index is 0.574. The molecule has 0 atom stereocenters. The van der Waals surface area contributed by atoms with Crippen molar-refractivity contribution in [2.75, 3.05) is 26.2 Å². The lowest BCUT2D eigenvalue weighted by Gasteiger charge is -2.17. The van der Waals surface area contributed by atoms with Crippen molar-refractivity contribution >= 4 is 15.9 Å². The third kappa shape index (κ3) is 4.57. The van der Waals surface area contributed by atoms with Gasteiger partial charge in [-0.3, -0.25) is 0 Å². The van der Waals surface area contributed by atoms with E-state index in [1.807, 2.05) is 0 Å². The summed E-state index contributed by atoms with van der Waals surface area (Å²) in [7, 11) is 0. The van der Waals surface area contributed by atoms with Crippen LogP contribution in [0.5, 0.6) is 5.88 Å². The third-order valence-electron chi connectivity index (χ3n) is 2.15. The van der Waals surface area contributed by atoms with Crippen LogP contribution in [0.1, 0.15) is 13.8 Å². The van der Waals surface area contributed by atoms with Crippen LogP contribution >= 0.6 is 15.9 Å².